The van der Waals surface area contributed by atoms with Gasteiger partial charge in [0.25, 0.3) is 5.91 Å². The lowest BCUT2D eigenvalue weighted by atomic mass is 10.1. The van der Waals surface area contributed by atoms with E-state index < -0.39 is 0 Å². The van der Waals surface area contributed by atoms with Gasteiger partial charge in [-0.05, 0) is 73.0 Å². The maximum atomic E-state index is 13.6. The highest BCUT2D eigenvalue weighted by molar-refractivity contribution is 7.99. The maximum Gasteiger partial charge on any atom is 0.260 e. The zero-order chi connectivity index (χ0) is 22.0. The van der Waals surface area contributed by atoms with Gasteiger partial charge in [-0.25, -0.2) is 4.98 Å². The highest BCUT2D eigenvalue weighted by Crippen LogP contribution is 2.33. The minimum absolute atomic E-state index is 0.0497. The van der Waals surface area contributed by atoms with Crippen molar-refractivity contribution in [3.05, 3.63) is 83.2 Å². The minimum Gasteiger partial charge on any atom is -0.279 e. The van der Waals surface area contributed by atoms with Crippen LogP contribution in [0.15, 0.2) is 65.8 Å². The van der Waals surface area contributed by atoms with Crippen LogP contribution in [0.5, 0.6) is 0 Å². The molecule has 2 aromatic heterocycles. The van der Waals surface area contributed by atoms with Gasteiger partial charge in [0, 0.05) is 28.1 Å². The van der Waals surface area contributed by atoms with Gasteiger partial charge in [0.05, 0.1) is 16.8 Å². The van der Waals surface area contributed by atoms with Gasteiger partial charge in [-0.3, -0.25) is 14.7 Å². The number of benzene rings is 2. The Morgan fingerprint density at radius 3 is 2.42 bits per heavy atom. The molecule has 0 atom stereocenters. The molecule has 0 aliphatic heterocycles. The van der Waals surface area contributed by atoms with Crippen LogP contribution in [0, 0.1) is 13.8 Å². The van der Waals surface area contributed by atoms with Gasteiger partial charge in [0.15, 0.2) is 5.13 Å². The van der Waals surface area contributed by atoms with Crippen molar-refractivity contribution in [2.75, 3.05) is 4.90 Å². The zero-order valence-electron chi connectivity index (χ0n) is 18.1. The first kappa shape index (κ1) is 21.5. The van der Waals surface area contributed by atoms with Crippen LogP contribution in [0.1, 0.15) is 40.9 Å². The van der Waals surface area contributed by atoms with Crippen LogP contribution < -0.4 is 4.90 Å². The molecule has 1 amide bonds. The molecule has 0 bridgehead atoms. The van der Waals surface area contributed by atoms with Crippen molar-refractivity contribution in [2.45, 2.75) is 44.4 Å². The molecule has 2 heterocycles. The summed E-state index contributed by atoms with van der Waals surface area (Å²) < 4.78 is 1.09. The SMILES string of the molecule is Cc1ccc2sc(N(Cc3ccncc3)C(=O)c3ccc(SC(C)C)cc3)nc2c1C. The zero-order valence-corrected chi connectivity index (χ0v) is 19.8. The van der Waals surface area contributed by atoms with Crippen molar-refractivity contribution in [2.24, 2.45) is 0 Å². The van der Waals surface area contributed by atoms with Gasteiger partial charge in [0.2, 0.25) is 0 Å². The van der Waals surface area contributed by atoms with E-state index in [0.717, 1.165) is 21.3 Å². The predicted octanol–water partition coefficient (Wildman–Crippen LogP) is 6.66. The number of hydrogen-bond acceptors (Lipinski definition) is 5. The minimum atomic E-state index is -0.0497. The van der Waals surface area contributed by atoms with Crippen LogP contribution in [0.25, 0.3) is 10.2 Å². The largest absolute Gasteiger partial charge is 0.279 e. The number of fused-ring (bicyclic) bond motifs is 1. The Kier molecular flexibility index (Phi) is 6.39. The van der Waals surface area contributed by atoms with E-state index in [9.17, 15) is 4.79 Å². The monoisotopic (exact) mass is 447 g/mol. The van der Waals surface area contributed by atoms with Crippen LogP contribution in [-0.4, -0.2) is 21.1 Å². The number of amides is 1. The highest BCUT2D eigenvalue weighted by Gasteiger charge is 2.22. The standard InChI is InChI=1S/C25H25N3OS2/c1-16(2)30-21-8-6-20(7-9-21)24(29)28(15-19-11-13-26-14-12-19)25-27-23-18(4)17(3)5-10-22(23)31-25/h5-14,16H,15H2,1-4H3. The average Bonchev–Trinajstić information content (AvgIpc) is 3.20. The van der Waals surface area contributed by atoms with E-state index in [1.807, 2.05) is 36.4 Å². The van der Waals surface area contributed by atoms with Gasteiger partial charge in [-0.1, -0.05) is 31.3 Å². The fourth-order valence-electron chi connectivity index (χ4n) is 3.33. The first-order chi connectivity index (χ1) is 14.9. The molecule has 2 aromatic carbocycles. The summed E-state index contributed by atoms with van der Waals surface area (Å²) in [5.41, 5.74) is 5.01. The third kappa shape index (κ3) is 4.81. The lowest BCUT2D eigenvalue weighted by molar-refractivity contribution is 0.0985. The summed E-state index contributed by atoms with van der Waals surface area (Å²) in [6, 6.07) is 15.9. The van der Waals surface area contributed by atoms with Gasteiger partial charge in [-0.2, -0.15) is 0 Å². The van der Waals surface area contributed by atoms with Gasteiger partial charge < -0.3 is 0 Å². The van der Waals surface area contributed by atoms with Crippen molar-refractivity contribution in [1.29, 1.82) is 0 Å². The van der Waals surface area contributed by atoms with Crippen LogP contribution in [0.2, 0.25) is 0 Å². The van der Waals surface area contributed by atoms with Crippen LogP contribution >= 0.6 is 23.1 Å². The van der Waals surface area contributed by atoms with E-state index in [1.165, 1.54) is 10.5 Å². The third-order valence-corrected chi connectivity index (χ3v) is 7.17. The second-order valence-electron chi connectivity index (χ2n) is 7.79. The number of rotatable bonds is 6. The van der Waals surface area contributed by atoms with Crippen molar-refractivity contribution < 1.29 is 4.79 Å². The Morgan fingerprint density at radius 1 is 1.03 bits per heavy atom. The fourth-order valence-corrected chi connectivity index (χ4v) is 5.19. The van der Waals surface area contributed by atoms with Crippen LogP contribution in [-0.2, 0) is 6.54 Å². The Morgan fingerprint density at radius 2 is 1.74 bits per heavy atom. The number of carbonyl (C=O) groups excluding carboxylic acids is 1. The van der Waals surface area contributed by atoms with E-state index >= 15 is 0 Å². The van der Waals surface area contributed by atoms with Gasteiger partial charge in [-0.15, -0.1) is 11.8 Å². The molecule has 4 nitrogen and oxygen atoms in total. The number of hydrogen-bond donors (Lipinski definition) is 0. The molecule has 0 N–H and O–H groups in total. The predicted molar refractivity (Wildman–Crippen MR) is 131 cm³/mol. The maximum absolute atomic E-state index is 13.6. The second kappa shape index (κ2) is 9.20. The number of thiazole rings is 1. The van der Waals surface area contributed by atoms with Crippen molar-refractivity contribution >= 4 is 44.4 Å². The quantitative estimate of drug-likeness (QED) is 0.310. The molecule has 0 radical (unpaired) electrons. The highest BCUT2D eigenvalue weighted by atomic mass is 32.2. The fraction of sp³-hybridized carbons (Fsp3) is 0.240. The molecule has 158 valence electrons. The molecule has 31 heavy (non-hydrogen) atoms. The molecular formula is C25H25N3OS2. The topological polar surface area (TPSA) is 46.1 Å². The summed E-state index contributed by atoms with van der Waals surface area (Å²) in [5.74, 6) is -0.0497. The molecule has 0 saturated heterocycles. The Hall–Kier alpha value is -2.70. The molecule has 0 fully saturated rings. The molecule has 0 aliphatic carbocycles. The van der Waals surface area contributed by atoms with E-state index in [4.69, 9.17) is 4.98 Å². The van der Waals surface area contributed by atoms with E-state index in [0.29, 0.717) is 22.5 Å². The summed E-state index contributed by atoms with van der Waals surface area (Å²) in [5, 5.41) is 1.21. The first-order valence-corrected chi connectivity index (χ1v) is 12.0. The molecule has 4 aromatic rings. The summed E-state index contributed by atoms with van der Waals surface area (Å²) in [6.07, 6.45) is 3.50. The molecular weight excluding hydrogens is 422 g/mol. The molecule has 6 heteroatoms. The van der Waals surface area contributed by atoms with Gasteiger partial charge in [0.1, 0.15) is 0 Å². The first-order valence-electron chi connectivity index (χ1n) is 10.3. The molecule has 4 rings (SSSR count). The molecule has 0 unspecified atom stereocenters. The van der Waals surface area contributed by atoms with Crippen molar-refractivity contribution in [3.8, 4) is 0 Å². The number of thioether (sulfide) groups is 1. The third-order valence-electron chi connectivity index (χ3n) is 5.11. The Labute approximate surface area is 191 Å². The normalized spacial score (nSPS) is 11.3. The average molecular weight is 448 g/mol. The lowest BCUT2D eigenvalue weighted by Crippen LogP contribution is -2.30. The molecule has 0 saturated carbocycles. The number of aryl methyl sites for hydroxylation is 2. The lowest BCUT2D eigenvalue weighted by Gasteiger charge is -2.20. The number of aromatic nitrogens is 2. The van der Waals surface area contributed by atoms with Crippen molar-refractivity contribution in [1.82, 2.24) is 9.97 Å². The second-order valence-corrected chi connectivity index (χ2v) is 10.4. The van der Waals surface area contributed by atoms with E-state index in [-0.39, 0.29) is 5.91 Å². The van der Waals surface area contributed by atoms with Crippen molar-refractivity contribution in [3.63, 3.8) is 0 Å². The van der Waals surface area contributed by atoms with Crippen LogP contribution in [0.4, 0.5) is 5.13 Å². The summed E-state index contributed by atoms with van der Waals surface area (Å²) >= 11 is 3.35. The smallest absolute Gasteiger partial charge is 0.260 e. The van der Waals surface area contributed by atoms with Gasteiger partial charge >= 0.3 is 0 Å². The number of carbonyl (C=O) groups is 1. The Bertz CT molecular complexity index is 1200. The molecule has 0 spiro atoms. The van der Waals surface area contributed by atoms with E-state index in [2.05, 4.69) is 44.8 Å². The summed E-state index contributed by atoms with van der Waals surface area (Å²) in [6.45, 7) is 8.95. The van der Waals surface area contributed by atoms with E-state index in [1.54, 1.807) is 40.4 Å². The molecule has 0 aliphatic rings. The number of pyridine rings is 1. The number of anilines is 1. The Balaban J connectivity index is 1.72. The summed E-state index contributed by atoms with van der Waals surface area (Å²) in [7, 11) is 0. The number of nitrogens with zero attached hydrogens (tertiary/aromatic N) is 3. The van der Waals surface area contributed by atoms with Crippen LogP contribution in [0.3, 0.4) is 0 Å². The summed E-state index contributed by atoms with van der Waals surface area (Å²) in [4.78, 5) is 25.5.